The first-order valence-corrected chi connectivity index (χ1v) is 9.78. The van der Waals surface area contributed by atoms with Gasteiger partial charge in [-0.15, -0.1) is 0 Å². The fraction of sp³-hybridized carbons (Fsp3) is 0.238. The van der Waals surface area contributed by atoms with Crippen LogP contribution in [0.1, 0.15) is 21.5 Å². The molecule has 0 saturated carbocycles. The topological polar surface area (TPSA) is 69.4 Å². The molecule has 6 nitrogen and oxygen atoms in total. The molecule has 2 heterocycles. The number of thiazole rings is 1. The van der Waals surface area contributed by atoms with E-state index in [-0.39, 0.29) is 5.91 Å². The van der Waals surface area contributed by atoms with E-state index in [9.17, 15) is 4.79 Å². The van der Waals surface area contributed by atoms with Gasteiger partial charge in [-0.2, -0.15) is 4.99 Å². The molecule has 28 heavy (non-hydrogen) atoms. The number of hydrogen-bond donors (Lipinski definition) is 0. The van der Waals surface area contributed by atoms with Crippen molar-refractivity contribution in [1.82, 2.24) is 14.5 Å². The number of aromatic nitrogens is 3. The standard InChI is InChI=1S/C21H20N4O2S/c1-13-10-18-19(11-14(13)2)28-21(25(18)8-9-27-3)24-20(26)15-4-5-16-17(12-15)23-7-6-22-16/h4-7,10-12H,8-9H2,1-3H3. The lowest BCUT2D eigenvalue weighted by Crippen LogP contribution is -2.19. The average Bonchev–Trinajstić information content (AvgIpc) is 3.02. The van der Waals surface area contributed by atoms with E-state index in [1.165, 1.54) is 22.5 Å². The number of carbonyl (C=O) groups excluding carboxylic acids is 1. The zero-order valence-corrected chi connectivity index (χ0v) is 16.8. The van der Waals surface area contributed by atoms with Gasteiger partial charge in [-0.05, 0) is 55.3 Å². The molecule has 0 unspecified atom stereocenters. The van der Waals surface area contributed by atoms with E-state index in [0.717, 1.165) is 15.7 Å². The molecule has 0 atom stereocenters. The van der Waals surface area contributed by atoms with Gasteiger partial charge in [0.1, 0.15) is 0 Å². The number of rotatable bonds is 4. The Labute approximate surface area is 166 Å². The van der Waals surface area contributed by atoms with Crippen LogP contribution in [0.4, 0.5) is 0 Å². The Kier molecular flexibility index (Phi) is 5.02. The molecule has 4 aromatic rings. The summed E-state index contributed by atoms with van der Waals surface area (Å²) in [6.07, 6.45) is 3.25. The number of ether oxygens (including phenoxy) is 1. The van der Waals surface area contributed by atoms with E-state index in [1.807, 2.05) is 0 Å². The molecule has 0 spiro atoms. The van der Waals surface area contributed by atoms with Crippen LogP contribution in [0, 0.1) is 13.8 Å². The molecule has 0 aliphatic heterocycles. The third kappa shape index (κ3) is 3.46. The molecule has 0 radical (unpaired) electrons. The first-order chi connectivity index (χ1) is 13.6. The molecule has 142 valence electrons. The van der Waals surface area contributed by atoms with Crippen molar-refractivity contribution in [2.45, 2.75) is 20.4 Å². The molecule has 2 aromatic carbocycles. The van der Waals surface area contributed by atoms with Gasteiger partial charge in [-0.3, -0.25) is 14.8 Å². The summed E-state index contributed by atoms with van der Waals surface area (Å²) in [5, 5.41) is 0. The van der Waals surface area contributed by atoms with E-state index >= 15 is 0 Å². The lowest BCUT2D eigenvalue weighted by atomic mass is 10.1. The van der Waals surface area contributed by atoms with E-state index < -0.39 is 0 Å². The molecule has 7 heteroatoms. The second-order valence-corrected chi connectivity index (χ2v) is 7.62. The van der Waals surface area contributed by atoms with Gasteiger partial charge in [-0.25, -0.2) is 0 Å². The molecule has 0 bridgehead atoms. The summed E-state index contributed by atoms with van der Waals surface area (Å²) in [5.41, 5.74) is 5.43. The summed E-state index contributed by atoms with van der Waals surface area (Å²) in [4.78, 5) is 26.4. The van der Waals surface area contributed by atoms with E-state index in [1.54, 1.807) is 37.7 Å². The maximum absolute atomic E-state index is 12.8. The molecule has 0 aliphatic rings. The predicted octanol–water partition coefficient (Wildman–Crippen LogP) is 3.65. The molecule has 4 rings (SSSR count). The summed E-state index contributed by atoms with van der Waals surface area (Å²) in [6.45, 7) is 5.36. The number of methoxy groups -OCH3 is 1. The Morgan fingerprint density at radius 2 is 1.86 bits per heavy atom. The molecule has 0 fully saturated rings. The molecule has 2 aromatic heterocycles. The fourth-order valence-corrected chi connectivity index (χ4v) is 4.19. The molecule has 0 N–H and O–H groups in total. The van der Waals surface area contributed by atoms with Crippen molar-refractivity contribution in [2.24, 2.45) is 4.99 Å². The van der Waals surface area contributed by atoms with Crippen LogP contribution in [0.15, 0.2) is 47.7 Å². The highest BCUT2D eigenvalue weighted by molar-refractivity contribution is 7.16. The van der Waals surface area contributed by atoms with Gasteiger partial charge in [0.05, 0.1) is 27.9 Å². The van der Waals surface area contributed by atoms with E-state index in [0.29, 0.717) is 29.0 Å². The number of amides is 1. The zero-order valence-electron chi connectivity index (χ0n) is 16.0. The smallest absolute Gasteiger partial charge is 0.279 e. The first-order valence-electron chi connectivity index (χ1n) is 8.96. The maximum atomic E-state index is 12.8. The van der Waals surface area contributed by atoms with Crippen LogP contribution in [0.5, 0.6) is 0 Å². The summed E-state index contributed by atoms with van der Waals surface area (Å²) in [5.74, 6) is -0.293. The predicted molar refractivity (Wildman–Crippen MR) is 111 cm³/mol. The van der Waals surface area contributed by atoms with Crippen LogP contribution in [0.3, 0.4) is 0 Å². The quantitative estimate of drug-likeness (QED) is 0.532. The Balaban J connectivity index is 1.83. The monoisotopic (exact) mass is 392 g/mol. The van der Waals surface area contributed by atoms with Gasteiger partial charge in [0, 0.05) is 31.6 Å². The number of nitrogens with zero attached hydrogens (tertiary/aromatic N) is 4. The van der Waals surface area contributed by atoms with E-state index in [4.69, 9.17) is 4.74 Å². The van der Waals surface area contributed by atoms with Crippen LogP contribution in [-0.4, -0.2) is 34.2 Å². The largest absolute Gasteiger partial charge is 0.383 e. The fourth-order valence-electron chi connectivity index (χ4n) is 3.05. The highest BCUT2D eigenvalue weighted by atomic mass is 32.1. The Bertz CT molecular complexity index is 1260. The number of fused-ring (bicyclic) bond motifs is 2. The zero-order chi connectivity index (χ0) is 19.7. The van der Waals surface area contributed by atoms with Crippen LogP contribution < -0.4 is 4.80 Å². The van der Waals surface area contributed by atoms with Gasteiger partial charge in [0.2, 0.25) is 0 Å². The Morgan fingerprint density at radius 1 is 1.11 bits per heavy atom. The molecular weight excluding hydrogens is 372 g/mol. The Hall–Kier alpha value is -2.90. The minimum Gasteiger partial charge on any atom is -0.383 e. The van der Waals surface area contributed by atoms with Crippen LogP contribution in [0.2, 0.25) is 0 Å². The summed E-state index contributed by atoms with van der Waals surface area (Å²) >= 11 is 1.52. The molecule has 0 aliphatic carbocycles. The van der Waals surface area contributed by atoms with Crippen molar-refractivity contribution in [1.29, 1.82) is 0 Å². The number of aryl methyl sites for hydroxylation is 2. The SMILES string of the molecule is COCCn1c(=NC(=O)c2ccc3nccnc3c2)sc2cc(C)c(C)cc21. The number of benzene rings is 2. The second-order valence-electron chi connectivity index (χ2n) is 6.61. The van der Waals surface area contributed by atoms with Gasteiger partial charge in [-0.1, -0.05) is 11.3 Å². The van der Waals surface area contributed by atoms with Crippen molar-refractivity contribution in [3.05, 3.63) is 64.2 Å². The van der Waals surface area contributed by atoms with E-state index in [2.05, 4.69) is 45.5 Å². The highest BCUT2D eigenvalue weighted by Gasteiger charge is 2.11. The minimum absolute atomic E-state index is 0.293. The van der Waals surface area contributed by atoms with Crippen LogP contribution >= 0.6 is 11.3 Å². The first kappa shape index (κ1) is 18.5. The van der Waals surface area contributed by atoms with Crippen molar-refractivity contribution in [2.75, 3.05) is 13.7 Å². The van der Waals surface area contributed by atoms with Gasteiger partial charge in [0.25, 0.3) is 5.91 Å². The van der Waals surface area contributed by atoms with Crippen molar-refractivity contribution >= 4 is 38.5 Å². The normalized spacial score (nSPS) is 12.2. The van der Waals surface area contributed by atoms with Crippen LogP contribution in [-0.2, 0) is 11.3 Å². The van der Waals surface area contributed by atoms with Crippen molar-refractivity contribution in [3.8, 4) is 0 Å². The Morgan fingerprint density at radius 3 is 2.64 bits per heavy atom. The maximum Gasteiger partial charge on any atom is 0.279 e. The second kappa shape index (κ2) is 7.61. The third-order valence-electron chi connectivity index (χ3n) is 4.73. The van der Waals surface area contributed by atoms with Crippen molar-refractivity contribution < 1.29 is 9.53 Å². The lowest BCUT2D eigenvalue weighted by Gasteiger charge is -2.06. The molecular formula is C21H20N4O2S. The highest BCUT2D eigenvalue weighted by Crippen LogP contribution is 2.22. The summed E-state index contributed by atoms with van der Waals surface area (Å²) < 4.78 is 8.41. The summed E-state index contributed by atoms with van der Waals surface area (Å²) in [6, 6.07) is 9.56. The van der Waals surface area contributed by atoms with Gasteiger partial charge in [0.15, 0.2) is 4.80 Å². The number of hydrogen-bond acceptors (Lipinski definition) is 5. The molecule has 1 amide bonds. The third-order valence-corrected chi connectivity index (χ3v) is 5.77. The van der Waals surface area contributed by atoms with Gasteiger partial charge >= 0.3 is 0 Å². The van der Waals surface area contributed by atoms with Gasteiger partial charge < -0.3 is 9.30 Å². The molecule has 0 saturated heterocycles. The summed E-state index contributed by atoms with van der Waals surface area (Å²) in [7, 11) is 1.67. The minimum atomic E-state index is -0.293. The lowest BCUT2D eigenvalue weighted by molar-refractivity contribution is 0.0997. The number of carbonyl (C=O) groups is 1. The average molecular weight is 392 g/mol. The van der Waals surface area contributed by atoms with Crippen molar-refractivity contribution in [3.63, 3.8) is 0 Å². The van der Waals surface area contributed by atoms with Crippen LogP contribution in [0.25, 0.3) is 21.3 Å².